The van der Waals surface area contributed by atoms with Crippen molar-refractivity contribution in [1.82, 2.24) is 4.57 Å². The van der Waals surface area contributed by atoms with E-state index in [0.717, 1.165) is 10.0 Å². The molecule has 0 saturated heterocycles. The van der Waals surface area contributed by atoms with Gasteiger partial charge in [0.15, 0.2) is 6.29 Å². The lowest BCUT2D eigenvalue weighted by atomic mass is 10.1. The third kappa shape index (κ3) is 2.83. The zero-order chi connectivity index (χ0) is 16.3. The van der Waals surface area contributed by atoms with Gasteiger partial charge in [-0.25, -0.2) is 4.79 Å². The number of carbonyl (C=O) groups excluding carboxylic acids is 1. The molecule has 4 nitrogen and oxygen atoms in total. The molecule has 1 aromatic heterocycles. The highest BCUT2D eigenvalue weighted by molar-refractivity contribution is 9.10. The highest BCUT2D eigenvalue weighted by Gasteiger charge is 2.23. The molecule has 1 N–H and O–H groups in total. The summed E-state index contributed by atoms with van der Waals surface area (Å²) < 4.78 is 2.41. The van der Waals surface area contributed by atoms with Gasteiger partial charge in [-0.2, -0.15) is 0 Å². The van der Waals surface area contributed by atoms with Gasteiger partial charge in [0.1, 0.15) is 0 Å². The Morgan fingerprint density at radius 2 is 2.05 bits per heavy atom. The Bertz CT molecular complexity index is 809. The second-order valence-corrected chi connectivity index (χ2v) is 5.51. The summed E-state index contributed by atoms with van der Waals surface area (Å²) in [5.74, 6) is 4.91. The Kier molecular flexibility index (Phi) is 4.84. The van der Waals surface area contributed by atoms with Gasteiger partial charge in [-0.05, 0) is 40.4 Å². The molecule has 0 radical (unpaired) electrons. The number of halogens is 1. The summed E-state index contributed by atoms with van der Waals surface area (Å²) in [4.78, 5) is 22.6. The summed E-state index contributed by atoms with van der Waals surface area (Å²) >= 11 is 3.42. The zero-order valence-corrected chi connectivity index (χ0v) is 13.8. The highest BCUT2D eigenvalue weighted by Crippen LogP contribution is 2.22. The molecule has 2 aromatic rings. The molecule has 0 spiro atoms. The number of nitrogens with zero attached hydrogens (tertiary/aromatic N) is 1. The van der Waals surface area contributed by atoms with Crippen LogP contribution in [0.25, 0.3) is 0 Å². The number of aldehydes is 1. The van der Waals surface area contributed by atoms with Gasteiger partial charge in [-0.15, -0.1) is 0 Å². The van der Waals surface area contributed by atoms with Gasteiger partial charge in [0.25, 0.3) is 0 Å². The van der Waals surface area contributed by atoms with E-state index in [1.165, 1.54) is 0 Å². The molecule has 2 rings (SSSR count). The fourth-order valence-corrected chi connectivity index (χ4v) is 2.72. The largest absolute Gasteiger partial charge is 0.478 e. The van der Waals surface area contributed by atoms with E-state index < -0.39 is 5.97 Å². The van der Waals surface area contributed by atoms with E-state index in [9.17, 15) is 14.7 Å². The van der Waals surface area contributed by atoms with Crippen molar-refractivity contribution in [2.75, 3.05) is 0 Å². The van der Waals surface area contributed by atoms with Crippen molar-refractivity contribution in [3.05, 3.63) is 56.8 Å². The van der Waals surface area contributed by atoms with Crippen LogP contribution in [0.4, 0.5) is 0 Å². The number of rotatable bonds is 3. The maximum Gasteiger partial charge on any atom is 0.338 e. The molecule has 0 bridgehead atoms. The van der Waals surface area contributed by atoms with E-state index >= 15 is 0 Å². The van der Waals surface area contributed by atoms with Crippen LogP contribution in [0, 0.1) is 11.8 Å². The Morgan fingerprint density at radius 1 is 1.36 bits per heavy atom. The number of aromatic nitrogens is 1. The molecule has 0 saturated carbocycles. The van der Waals surface area contributed by atoms with Crippen LogP contribution in [0.2, 0.25) is 0 Å². The number of carbonyl (C=O) groups is 2. The maximum absolute atomic E-state index is 11.4. The van der Waals surface area contributed by atoms with Crippen LogP contribution in [0.5, 0.6) is 0 Å². The van der Waals surface area contributed by atoms with Crippen LogP contribution in [-0.2, 0) is 13.5 Å². The monoisotopic (exact) mass is 359 g/mol. The number of benzene rings is 1. The summed E-state index contributed by atoms with van der Waals surface area (Å²) in [5, 5.41) is 9.35. The van der Waals surface area contributed by atoms with Gasteiger partial charge in [-0.3, -0.25) is 4.79 Å². The Labute approximate surface area is 136 Å². The predicted molar refractivity (Wildman–Crippen MR) is 87.3 cm³/mol. The number of hydrogen-bond donors (Lipinski definition) is 1. The quantitative estimate of drug-likeness (QED) is 0.675. The number of hydrogen-bond acceptors (Lipinski definition) is 2. The molecular formula is C17H14BrNO3. The van der Waals surface area contributed by atoms with Crippen molar-refractivity contribution in [3.63, 3.8) is 0 Å². The average molecular weight is 360 g/mol. The van der Waals surface area contributed by atoms with Crippen LogP contribution < -0.4 is 0 Å². The second-order valence-electron chi connectivity index (χ2n) is 4.65. The van der Waals surface area contributed by atoms with Crippen molar-refractivity contribution in [2.45, 2.75) is 13.3 Å². The fraction of sp³-hybridized carbons (Fsp3) is 0.176. The van der Waals surface area contributed by atoms with Crippen LogP contribution >= 0.6 is 15.9 Å². The first kappa shape index (κ1) is 16.1. The Morgan fingerprint density at radius 3 is 2.59 bits per heavy atom. The van der Waals surface area contributed by atoms with E-state index in [0.29, 0.717) is 24.0 Å². The molecule has 0 unspecified atom stereocenters. The molecule has 1 aromatic carbocycles. The molecule has 0 amide bonds. The summed E-state index contributed by atoms with van der Waals surface area (Å²) in [5.41, 5.74) is 2.11. The molecular weight excluding hydrogens is 346 g/mol. The molecule has 0 fully saturated rings. The topological polar surface area (TPSA) is 59.3 Å². The van der Waals surface area contributed by atoms with Crippen molar-refractivity contribution in [3.8, 4) is 11.8 Å². The molecule has 22 heavy (non-hydrogen) atoms. The van der Waals surface area contributed by atoms with Gasteiger partial charge in [0.05, 0.1) is 17.0 Å². The van der Waals surface area contributed by atoms with Crippen molar-refractivity contribution in [1.29, 1.82) is 0 Å². The lowest BCUT2D eigenvalue weighted by Gasteiger charge is -1.99. The van der Waals surface area contributed by atoms with Crippen molar-refractivity contribution >= 4 is 28.2 Å². The minimum atomic E-state index is -1.11. The first-order valence-electron chi connectivity index (χ1n) is 6.67. The lowest BCUT2D eigenvalue weighted by Crippen LogP contribution is -2.04. The lowest BCUT2D eigenvalue weighted by molar-refractivity contribution is 0.0692. The summed E-state index contributed by atoms with van der Waals surface area (Å²) in [7, 11) is 1.65. The number of carboxylic acid groups (broad SMARTS) is 1. The van der Waals surface area contributed by atoms with Gasteiger partial charge < -0.3 is 9.67 Å². The third-order valence-electron chi connectivity index (χ3n) is 3.41. The van der Waals surface area contributed by atoms with Gasteiger partial charge in [-0.1, -0.05) is 25.0 Å². The van der Waals surface area contributed by atoms with Gasteiger partial charge in [0.2, 0.25) is 0 Å². The van der Waals surface area contributed by atoms with Crippen LogP contribution in [0.1, 0.15) is 44.6 Å². The van der Waals surface area contributed by atoms with E-state index in [2.05, 4.69) is 27.8 Å². The highest BCUT2D eigenvalue weighted by atomic mass is 79.9. The number of aromatic carboxylic acids is 1. The predicted octanol–water partition coefficient (Wildman–Crippen LogP) is 3.26. The molecule has 112 valence electrons. The van der Waals surface area contributed by atoms with Gasteiger partial charge in [0, 0.05) is 22.6 Å². The average Bonchev–Trinajstić information content (AvgIpc) is 2.78. The molecule has 0 atom stereocenters. The van der Waals surface area contributed by atoms with Crippen LogP contribution in [-0.4, -0.2) is 21.9 Å². The molecule has 0 aliphatic carbocycles. The Balaban J connectivity index is 2.65. The van der Waals surface area contributed by atoms with E-state index in [1.807, 2.05) is 31.2 Å². The summed E-state index contributed by atoms with van der Waals surface area (Å²) in [6, 6.07) is 7.52. The first-order valence-corrected chi connectivity index (χ1v) is 7.47. The van der Waals surface area contributed by atoms with E-state index in [4.69, 9.17) is 0 Å². The van der Waals surface area contributed by atoms with Crippen molar-refractivity contribution in [2.24, 2.45) is 7.05 Å². The maximum atomic E-state index is 11.4. The van der Waals surface area contributed by atoms with Crippen LogP contribution in [0.3, 0.4) is 0 Å². The molecule has 0 aliphatic heterocycles. The van der Waals surface area contributed by atoms with E-state index in [-0.39, 0.29) is 11.3 Å². The fourth-order valence-electron chi connectivity index (χ4n) is 2.33. The van der Waals surface area contributed by atoms with Crippen molar-refractivity contribution < 1.29 is 14.7 Å². The summed E-state index contributed by atoms with van der Waals surface area (Å²) in [6.07, 6.45) is 1.05. The van der Waals surface area contributed by atoms with Crippen LogP contribution in [0.15, 0.2) is 28.7 Å². The minimum Gasteiger partial charge on any atom is -0.478 e. The molecule has 0 aliphatic rings. The molecule has 5 heteroatoms. The standard InChI is InChI=1S/C17H14BrNO3/c1-3-12-14(9-8-11-6-4-5-7-13(11)18)19(2)15(10-20)16(12)17(21)22/h4-7,10H,3H2,1-2H3,(H,21,22). The summed E-state index contributed by atoms with van der Waals surface area (Å²) in [6.45, 7) is 1.85. The third-order valence-corrected chi connectivity index (χ3v) is 4.10. The van der Waals surface area contributed by atoms with E-state index in [1.54, 1.807) is 11.6 Å². The second kappa shape index (κ2) is 6.63. The normalized spacial score (nSPS) is 9.95. The number of carboxylic acids is 1. The zero-order valence-electron chi connectivity index (χ0n) is 12.2. The first-order chi connectivity index (χ1) is 10.5. The SMILES string of the molecule is CCc1c(C(=O)O)c(C=O)n(C)c1C#Cc1ccccc1Br. The van der Waals surface area contributed by atoms with Gasteiger partial charge >= 0.3 is 5.97 Å². The smallest absolute Gasteiger partial charge is 0.338 e. The Hall–Kier alpha value is -2.32. The minimum absolute atomic E-state index is 0.0384. The molecule has 1 heterocycles.